The summed E-state index contributed by atoms with van der Waals surface area (Å²) >= 11 is 6.29. The van der Waals surface area contributed by atoms with Crippen molar-refractivity contribution in [3.05, 3.63) is 94.5 Å². The highest BCUT2D eigenvalue weighted by Crippen LogP contribution is 2.30. The summed E-state index contributed by atoms with van der Waals surface area (Å²) < 4.78 is 29.1. The van der Waals surface area contributed by atoms with Gasteiger partial charge >= 0.3 is 0 Å². The Morgan fingerprint density at radius 2 is 1.62 bits per heavy atom. The molecule has 0 spiro atoms. The highest BCUT2D eigenvalue weighted by atomic mass is 35.5. The average molecular weight is 582 g/mol. The van der Waals surface area contributed by atoms with Gasteiger partial charge in [0.25, 0.3) is 10.0 Å². The molecule has 40 heavy (non-hydrogen) atoms. The maximum atomic E-state index is 14.0. The fourth-order valence-corrected chi connectivity index (χ4v) is 6.59. The molecule has 0 aromatic heterocycles. The van der Waals surface area contributed by atoms with E-state index in [1.54, 1.807) is 44.2 Å². The third-order valence-corrected chi connectivity index (χ3v) is 9.40. The number of aryl methyl sites for hydroxylation is 2. The molecule has 1 fully saturated rings. The summed E-state index contributed by atoms with van der Waals surface area (Å²) in [5.74, 6) is -0.740. The Bertz CT molecular complexity index is 1440. The van der Waals surface area contributed by atoms with E-state index < -0.39 is 28.5 Å². The van der Waals surface area contributed by atoms with Crippen LogP contribution in [0.5, 0.6) is 0 Å². The van der Waals surface area contributed by atoms with Crippen LogP contribution in [0.4, 0.5) is 5.69 Å². The first-order chi connectivity index (χ1) is 19.1. The first-order valence-corrected chi connectivity index (χ1v) is 15.4. The molecule has 3 aromatic carbocycles. The summed E-state index contributed by atoms with van der Waals surface area (Å²) in [6.07, 6.45) is 3.97. The molecule has 7 nitrogen and oxygen atoms in total. The quantitative estimate of drug-likeness (QED) is 0.336. The summed E-state index contributed by atoms with van der Waals surface area (Å²) in [6.45, 7) is 5.00. The molecular weight excluding hydrogens is 546 g/mol. The molecule has 0 bridgehead atoms. The summed E-state index contributed by atoms with van der Waals surface area (Å²) in [7, 11) is -4.15. The molecule has 1 atom stereocenters. The van der Waals surface area contributed by atoms with E-state index in [0.717, 1.165) is 41.1 Å². The summed E-state index contributed by atoms with van der Waals surface area (Å²) in [6, 6.07) is 20.1. The number of sulfonamides is 1. The number of benzene rings is 3. The molecule has 0 aliphatic heterocycles. The van der Waals surface area contributed by atoms with Crippen LogP contribution in [-0.4, -0.2) is 43.8 Å². The second-order valence-corrected chi connectivity index (χ2v) is 12.7. The molecule has 2 amide bonds. The Labute approximate surface area is 242 Å². The van der Waals surface area contributed by atoms with Gasteiger partial charge in [0.2, 0.25) is 11.8 Å². The average Bonchev–Trinajstić information content (AvgIpc) is 3.45. The van der Waals surface area contributed by atoms with Crippen LogP contribution in [0.25, 0.3) is 0 Å². The fourth-order valence-electron chi connectivity index (χ4n) is 4.96. The van der Waals surface area contributed by atoms with Gasteiger partial charge < -0.3 is 10.2 Å². The second kappa shape index (κ2) is 12.9. The van der Waals surface area contributed by atoms with E-state index in [9.17, 15) is 18.0 Å². The van der Waals surface area contributed by atoms with Crippen LogP contribution in [0.3, 0.4) is 0 Å². The molecule has 1 aliphatic carbocycles. The van der Waals surface area contributed by atoms with Crippen molar-refractivity contribution < 1.29 is 18.0 Å². The highest BCUT2D eigenvalue weighted by molar-refractivity contribution is 7.92. The maximum Gasteiger partial charge on any atom is 0.264 e. The van der Waals surface area contributed by atoms with Crippen molar-refractivity contribution in [2.45, 2.75) is 70.0 Å². The number of nitrogens with zero attached hydrogens (tertiary/aromatic N) is 2. The maximum absolute atomic E-state index is 14.0. The normalized spacial score (nSPS) is 14.5. The van der Waals surface area contributed by atoms with Gasteiger partial charge in [0.15, 0.2) is 0 Å². The van der Waals surface area contributed by atoms with Crippen molar-refractivity contribution in [2.24, 2.45) is 0 Å². The zero-order valence-electron chi connectivity index (χ0n) is 23.1. The number of rotatable bonds is 10. The van der Waals surface area contributed by atoms with Crippen molar-refractivity contribution in [2.75, 3.05) is 10.8 Å². The van der Waals surface area contributed by atoms with Crippen molar-refractivity contribution in [3.8, 4) is 0 Å². The largest absolute Gasteiger partial charge is 0.352 e. The van der Waals surface area contributed by atoms with Crippen LogP contribution >= 0.6 is 11.6 Å². The van der Waals surface area contributed by atoms with Gasteiger partial charge in [0, 0.05) is 17.6 Å². The lowest BCUT2D eigenvalue weighted by molar-refractivity contribution is -0.139. The van der Waals surface area contributed by atoms with E-state index in [0.29, 0.717) is 16.3 Å². The van der Waals surface area contributed by atoms with E-state index in [-0.39, 0.29) is 23.4 Å². The monoisotopic (exact) mass is 581 g/mol. The Morgan fingerprint density at radius 1 is 0.975 bits per heavy atom. The lowest BCUT2D eigenvalue weighted by atomic mass is 10.1. The molecule has 9 heteroatoms. The summed E-state index contributed by atoms with van der Waals surface area (Å²) in [5.41, 5.74) is 2.71. The van der Waals surface area contributed by atoms with Crippen LogP contribution < -0.4 is 9.62 Å². The minimum atomic E-state index is -4.15. The topological polar surface area (TPSA) is 86.8 Å². The lowest BCUT2D eigenvalue weighted by Gasteiger charge is -2.33. The van der Waals surface area contributed by atoms with Crippen molar-refractivity contribution in [1.82, 2.24) is 10.2 Å². The van der Waals surface area contributed by atoms with Crippen molar-refractivity contribution >= 4 is 39.1 Å². The van der Waals surface area contributed by atoms with Gasteiger partial charge in [-0.15, -0.1) is 0 Å². The molecule has 3 aromatic rings. The van der Waals surface area contributed by atoms with Crippen LogP contribution in [0, 0.1) is 13.8 Å². The SMILES string of the molecule is Cc1ccc(S(=O)(=O)N(CC(=O)N(Cc2ccccc2)C(C)C(=O)NC2CCCC2)c2cc(Cl)ccc2C)cc1. The standard InChI is InChI=1S/C31H36ClN3O4S/c1-22-13-17-28(18-14-22)40(38,39)35(29-19-26(32)16-15-23(29)2)21-30(36)34(20-25-9-5-4-6-10-25)24(3)31(37)33-27-11-7-8-12-27/h4-6,9-10,13-19,24,27H,7-8,11-12,20-21H2,1-3H3,(H,33,37). The van der Waals surface area contributed by atoms with Gasteiger partial charge in [-0.2, -0.15) is 0 Å². The first-order valence-electron chi connectivity index (χ1n) is 13.6. The minimum Gasteiger partial charge on any atom is -0.352 e. The molecule has 0 heterocycles. The molecule has 212 valence electrons. The van der Waals surface area contributed by atoms with Gasteiger partial charge in [-0.05, 0) is 69.0 Å². The first kappa shape index (κ1) is 29.6. The summed E-state index contributed by atoms with van der Waals surface area (Å²) in [4.78, 5) is 28.9. The van der Waals surface area contributed by atoms with Gasteiger partial charge in [0.05, 0.1) is 10.6 Å². The van der Waals surface area contributed by atoms with E-state index >= 15 is 0 Å². The smallest absolute Gasteiger partial charge is 0.264 e. The van der Waals surface area contributed by atoms with Crippen LogP contribution in [0.1, 0.15) is 49.3 Å². The molecule has 4 rings (SSSR count). The third kappa shape index (κ3) is 7.04. The van der Waals surface area contributed by atoms with E-state index in [1.807, 2.05) is 37.3 Å². The Morgan fingerprint density at radius 3 is 2.27 bits per heavy atom. The summed E-state index contributed by atoms with van der Waals surface area (Å²) in [5, 5.41) is 3.43. The number of carbonyl (C=O) groups is 2. The lowest BCUT2D eigenvalue weighted by Crippen LogP contribution is -2.52. The van der Waals surface area contributed by atoms with E-state index in [1.165, 1.54) is 17.0 Å². The molecule has 1 aliphatic rings. The van der Waals surface area contributed by atoms with Gasteiger partial charge in [-0.1, -0.05) is 78.5 Å². The number of halogens is 1. The molecule has 1 saturated carbocycles. The minimum absolute atomic E-state index is 0.0620. The predicted octanol–water partition coefficient (Wildman–Crippen LogP) is 5.63. The Kier molecular flexibility index (Phi) is 9.53. The van der Waals surface area contributed by atoms with E-state index in [4.69, 9.17) is 11.6 Å². The molecule has 0 saturated heterocycles. The molecule has 1 unspecified atom stereocenters. The number of amides is 2. The number of hydrogen-bond acceptors (Lipinski definition) is 4. The van der Waals surface area contributed by atoms with E-state index in [2.05, 4.69) is 5.32 Å². The second-order valence-electron chi connectivity index (χ2n) is 10.4. The van der Waals surface area contributed by atoms with Gasteiger partial charge in [0.1, 0.15) is 12.6 Å². The van der Waals surface area contributed by atoms with Crippen LogP contribution in [-0.2, 0) is 26.2 Å². The Balaban J connectivity index is 1.70. The van der Waals surface area contributed by atoms with Gasteiger partial charge in [-0.3, -0.25) is 13.9 Å². The molecule has 0 radical (unpaired) electrons. The molecule has 1 N–H and O–H groups in total. The number of hydrogen-bond donors (Lipinski definition) is 1. The number of nitrogens with one attached hydrogen (secondary N) is 1. The van der Waals surface area contributed by atoms with Crippen LogP contribution in [0.2, 0.25) is 5.02 Å². The van der Waals surface area contributed by atoms with Crippen LogP contribution in [0.15, 0.2) is 77.7 Å². The predicted molar refractivity (Wildman–Crippen MR) is 159 cm³/mol. The molecular formula is C31H36ClN3O4S. The number of anilines is 1. The third-order valence-electron chi connectivity index (χ3n) is 7.39. The highest BCUT2D eigenvalue weighted by Gasteiger charge is 2.34. The zero-order valence-corrected chi connectivity index (χ0v) is 24.7. The zero-order chi connectivity index (χ0) is 28.9. The van der Waals surface area contributed by atoms with Crippen molar-refractivity contribution in [1.29, 1.82) is 0 Å². The number of carbonyl (C=O) groups excluding carboxylic acids is 2. The van der Waals surface area contributed by atoms with Crippen molar-refractivity contribution in [3.63, 3.8) is 0 Å². The fraction of sp³-hybridized carbons (Fsp3) is 0.355. The van der Waals surface area contributed by atoms with Gasteiger partial charge in [-0.25, -0.2) is 8.42 Å². The Hall–Kier alpha value is -3.36.